The van der Waals surface area contributed by atoms with Gasteiger partial charge in [0.05, 0.1) is 11.7 Å². The van der Waals surface area contributed by atoms with Crippen LogP contribution < -0.4 is 5.43 Å². The van der Waals surface area contributed by atoms with Gasteiger partial charge in [-0.25, -0.2) is 11.8 Å². The van der Waals surface area contributed by atoms with Crippen molar-refractivity contribution in [3.63, 3.8) is 0 Å². The van der Waals surface area contributed by atoms with Crippen LogP contribution in [-0.2, 0) is 0 Å². The first kappa shape index (κ1) is 6.85. The molecule has 2 aliphatic heterocycles. The van der Waals surface area contributed by atoms with Crippen LogP contribution in [0.4, 0.5) is 0 Å². The van der Waals surface area contributed by atoms with Crippen LogP contribution in [0.15, 0.2) is 34.9 Å². The van der Waals surface area contributed by atoms with Gasteiger partial charge in [0.15, 0.2) is 0 Å². The molecule has 0 saturated heterocycles. The SMILES string of the molecule is CC1C=CNN1C1=C[SH2]C=C1. The highest BCUT2D eigenvalue weighted by Gasteiger charge is 2.16. The van der Waals surface area contributed by atoms with E-state index in [0.717, 1.165) is 11.8 Å². The molecular weight excluding hydrogens is 156 g/mol. The summed E-state index contributed by atoms with van der Waals surface area (Å²) in [6, 6.07) is 0.480. The number of hydrazine groups is 1. The Morgan fingerprint density at radius 1 is 1.64 bits per heavy atom. The molecule has 2 nitrogen and oxygen atoms in total. The summed E-state index contributed by atoms with van der Waals surface area (Å²) in [5.74, 6) is 0. The fourth-order valence-corrected chi connectivity index (χ4v) is 2.01. The second kappa shape index (κ2) is 2.66. The van der Waals surface area contributed by atoms with Crippen LogP contribution in [-0.4, -0.2) is 11.1 Å². The Balaban J connectivity index is 2.11. The standard InChI is InChI=1S/C8H12N2S/c1-7-2-4-9-10(7)8-3-5-11-6-8/h2-7,9H,11H2,1H3. The molecule has 11 heavy (non-hydrogen) atoms. The normalized spacial score (nSPS) is 31.2. The molecule has 0 amide bonds. The maximum Gasteiger partial charge on any atom is 0.0673 e. The summed E-state index contributed by atoms with van der Waals surface area (Å²) in [5, 5.41) is 6.61. The number of hydrogen-bond donors (Lipinski definition) is 1. The number of rotatable bonds is 1. The molecule has 0 fully saturated rings. The Morgan fingerprint density at radius 2 is 2.55 bits per heavy atom. The smallest absolute Gasteiger partial charge is 0.0673 e. The highest BCUT2D eigenvalue weighted by Crippen LogP contribution is 2.23. The second-order valence-corrected chi connectivity index (χ2v) is 3.62. The third kappa shape index (κ3) is 1.16. The lowest BCUT2D eigenvalue weighted by molar-refractivity contribution is 0.288. The molecule has 0 aromatic carbocycles. The van der Waals surface area contributed by atoms with E-state index in [1.54, 1.807) is 0 Å². The predicted octanol–water partition coefficient (Wildman–Crippen LogP) is 1.28. The molecule has 0 aromatic heterocycles. The minimum Gasteiger partial charge on any atom is -0.305 e. The molecule has 1 unspecified atom stereocenters. The summed E-state index contributed by atoms with van der Waals surface area (Å²) >= 11 is 0.853. The first-order chi connectivity index (χ1) is 5.38. The molecule has 0 spiro atoms. The lowest BCUT2D eigenvalue weighted by Gasteiger charge is -2.23. The molecule has 3 heteroatoms. The zero-order valence-electron chi connectivity index (χ0n) is 6.41. The topological polar surface area (TPSA) is 15.3 Å². The van der Waals surface area contributed by atoms with Crippen molar-refractivity contribution in [2.24, 2.45) is 0 Å². The third-order valence-electron chi connectivity index (χ3n) is 1.86. The van der Waals surface area contributed by atoms with Crippen LogP contribution in [0.1, 0.15) is 6.92 Å². The van der Waals surface area contributed by atoms with Gasteiger partial charge in [-0.2, -0.15) is 0 Å². The molecule has 0 aromatic rings. The van der Waals surface area contributed by atoms with Gasteiger partial charge in [0, 0.05) is 6.20 Å². The van der Waals surface area contributed by atoms with E-state index in [9.17, 15) is 0 Å². The van der Waals surface area contributed by atoms with Gasteiger partial charge in [-0.15, -0.1) is 0 Å². The third-order valence-corrected chi connectivity index (χ3v) is 2.68. The van der Waals surface area contributed by atoms with Crippen molar-refractivity contribution in [2.45, 2.75) is 13.0 Å². The van der Waals surface area contributed by atoms with Gasteiger partial charge in [-0.1, -0.05) is 0 Å². The van der Waals surface area contributed by atoms with Crippen LogP contribution in [0.3, 0.4) is 0 Å². The first-order valence-electron chi connectivity index (χ1n) is 3.73. The number of hydrogen-bond acceptors (Lipinski definition) is 2. The summed E-state index contributed by atoms with van der Waals surface area (Å²) in [6.07, 6.45) is 6.30. The molecule has 60 valence electrons. The number of nitrogens with one attached hydrogen (secondary N) is 1. The number of nitrogens with zero attached hydrogens (tertiary/aromatic N) is 1. The minimum atomic E-state index is 0.480. The van der Waals surface area contributed by atoms with Crippen molar-refractivity contribution in [2.75, 3.05) is 0 Å². The van der Waals surface area contributed by atoms with E-state index in [2.05, 4.69) is 40.3 Å². The fourth-order valence-electron chi connectivity index (χ4n) is 1.24. The van der Waals surface area contributed by atoms with Crippen molar-refractivity contribution < 1.29 is 0 Å². The lowest BCUT2D eigenvalue weighted by atomic mass is 10.3. The van der Waals surface area contributed by atoms with Gasteiger partial charge >= 0.3 is 0 Å². The average molecular weight is 168 g/mol. The molecule has 0 bridgehead atoms. The molecule has 0 radical (unpaired) electrons. The summed E-state index contributed by atoms with van der Waals surface area (Å²) in [6.45, 7) is 2.17. The Hall–Kier alpha value is -0.830. The van der Waals surface area contributed by atoms with Gasteiger partial charge in [0.25, 0.3) is 0 Å². The van der Waals surface area contributed by atoms with Crippen molar-refractivity contribution in [1.29, 1.82) is 0 Å². The van der Waals surface area contributed by atoms with E-state index < -0.39 is 0 Å². The van der Waals surface area contributed by atoms with Gasteiger partial charge in [0.1, 0.15) is 0 Å². The predicted molar refractivity (Wildman–Crippen MR) is 51.2 cm³/mol. The molecule has 1 N–H and O–H groups in total. The minimum absolute atomic E-state index is 0.480. The van der Waals surface area contributed by atoms with Gasteiger partial charge < -0.3 is 5.43 Å². The van der Waals surface area contributed by atoms with E-state index in [0.29, 0.717) is 6.04 Å². The maximum absolute atomic E-state index is 3.19. The Bertz CT molecular complexity index is 242. The van der Waals surface area contributed by atoms with Crippen molar-refractivity contribution in [1.82, 2.24) is 10.4 Å². The quantitative estimate of drug-likeness (QED) is 0.634. The Morgan fingerprint density at radius 3 is 3.09 bits per heavy atom. The zero-order chi connectivity index (χ0) is 7.68. The lowest BCUT2D eigenvalue weighted by Crippen LogP contribution is -2.33. The fraction of sp³-hybridized carbons (Fsp3) is 0.250. The summed E-state index contributed by atoms with van der Waals surface area (Å²) < 4.78 is 0. The zero-order valence-corrected chi connectivity index (χ0v) is 7.41. The molecule has 0 saturated carbocycles. The molecular formula is C8H12N2S. The first-order valence-corrected chi connectivity index (χ1v) is 4.88. The maximum atomic E-state index is 3.19. The van der Waals surface area contributed by atoms with E-state index >= 15 is 0 Å². The van der Waals surface area contributed by atoms with E-state index in [-0.39, 0.29) is 0 Å². The Labute approximate surface area is 70.6 Å². The molecule has 1 atom stereocenters. The number of allylic oxidation sites excluding steroid dienone is 1. The molecule has 2 rings (SSSR count). The van der Waals surface area contributed by atoms with Crippen molar-refractivity contribution in [3.8, 4) is 0 Å². The molecule has 0 aliphatic carbocycles. The molecule has 2 heterocycles. The monoisotopic (exact) mass is 168 g/mol. The largest absolute Gasteiger partial charge is 0.305 e. The highest BCUT2D eigenvalue weighted by molar-refractivity contribution is 8.05. The molecule has 2 aliphatic rings. The van der Waals surface area contributed by atoms with E-state index in [1.807, 2.05) is 6.20 Å². The van der Waals surface area contributed by atoms with Gasteiger partial charge in [0.2, 0.25) is 0 Å². The average Bonchev–Trinajstić information content (AvgIpc) is 2.55. The summed E-state index contributed by atoms with van der Waals surface area (Å²) in [7, 11) is 0. The second-order valence-electron chi connectivity index (χ2n) is 2.67. The summed E-state index contributed by atoms with van der Waals surface area (Å²) in [4.78, 5) is 0. The van der Waals surface area contributed by atoms with Crippen LogP contribution in [0.25, 0.3) is 0 Å². The highest BCUT2D eigenvalue weighted by atomic mass is 32.2. The van der Waals surface area contributed by atoms with E-state index in [1.165, 1.54) is 5.70 Å². The van der Waals surface area contributed by atoms with Gasteiger partial charge in [-0.3, -0.25) is 5.01 Å². The Kier molecular flexibility index (Phi) is 1.66. The van der Waals surface area contributed by atoms with Crippen LogP contribution >= 0.6 is 11.8 Å². The van der Waals surface area contributed by atoms with Crippen molar-refractivity contribution >= 4 is 11.8 Å². The van der Waals surface area contributed by atoms with Crippen LogP contribution in [0, 0.1) is 0 Å². The summed E-state index contributed by atoms with van der Waals surface area (Å²) in [5.41, 5.74) is 4.48. The van der Waals surface area contributed by atoms with Crippen molar-refractivity contribution in [3.05, 3.63) is 34.9 Å². The van der Waals surface area contributed by atoms with Crippen LogP contribution in [0.2, 0.25) is 0 Å². The van der Waals surface area contributed by atoms with Crippen LogP contribution in [0.5, 0.6) is 0 Å². The van der Waals surface area contributed by atoms with E-state index in [4.69, 9.17) is 0 Å². The van der Waals surface area contributed by atoms with Gasteiger partial charge in [-0.05, 0) is 29.9 Å².